The molecule has 1 amide bonds. The lowest BCUT2D eigenvalue weighted by molar-refractivity contribution is 0.0934. The third-order valence-corrected chi connectivity index (χ3v) is 4.17. The first kappa shape index (κ1) is 20.6. The van der Waals surface area contributed by atoms with Crippen molar-refractivity contribution in [3.05, 3.63) is 59.7 Å². The van der Waals surface area contributed by atoms with Crippen LogP contribution in [-0.4, -0.2) is 26.1 Å². The Labute approximate surface area is 171 Å². The summed E-state index contributed by atoms with van der Waals surface area (Å²) in [4.78, 5) is 12.4. The molecule has 26 heavy (non-hydrogen) atoms. The maximum atomic E-state index is 12.4. The molecule has 0 bridgehead atoms. The average molecular weight is 433 g/mol. The number of halogens is 3. The minimum atomic E-state index is -1.86. The van der Waals surface area contributed by atoms with Gasteiger partial charge in [-0.15, -0.1) is 0 Å². The Morgan fingerprint density at radius 2 is 1.77 bits per heavy atom. The van der Waals surface area contributed by atoms with E-state index in [0.717, 1.165) is 5.56 Å². The molecule has 4 N–H and O–H groups in total. The van der Waals surface area contributed by atoms with Crippen molar-refractivity contribution in [3.63, 3.8) is 0 Å². The number of phenols is 1. The van der Waals surface area contributed by atoms with E-state index in [9.17, 15) is 9.90 Å². The fourth-order valence-electron chi connectivity index (χ4n) is 2.00. The molecule has 2 rings (SSSR count). The molecule has 2 aromatic carbocycles. The number of carbonyl (C=O) groups excluding carboxylic acids is 1. The van der Waals surface area contributed by atoms with Crippen LogP contribution in [0.25, 0.3) is 0 Å². The molecule has 0 spiro atoms. The van der Waals surface area contributed by atoms with Crippen LogP contribution in [0.5, 0.6) is 5.75 Å². The molecular formula is C17H16Cl3N3O2S. The largest absolute Gasteiger partial charge is 0.508 e. The molecule has 138 valence electrons. The van der Waals surface area contributed by atoms with E-state index in [1.54, 1.807) is 36.4 Å². The summed E-state index contributed by atoms with van der Waals surface area (Å²) in [6.45, 7) is 1.92. The zero-order valence-corrected chi connectivity index (χ0v) is 16.7. The molecular weight excluding hydrogens is 417 g/mol. The van der Waals surface area contributed by atoms with E-state index in [1.807, 2.05) is 6.92 Å². The van der Waals surface area contributed by atoms with Crippen molar-refractivity contribution in [2.45, 2.75) is 16.9 Å². The number of carbonyl (C=O) groups is 1. The molecule has 0 aromatic heterocycles. The van der Waals surface area contributed by atoms with E-state index < -0.39 is 15.9 Å². The summed E-state index contributed by atoms with van der Waals surface area (Å²) in [5.74, 6) is -0.350. The van der Waals surface area contributed by atoms with Gasteiger partial charge in [0.1, 0.15) is 11.9 Å². The van der Waals surface area contributed by atoms with Gasteiger partial charge in [0.15, 0.2) is 5.11 Å². The molecule has 5 nitrogen and oxygen atoms in total. The van der Waals surface area contributed by atoms with Crippen molar-refractivity contribution < 1.29 is 9.90 Å². The van der Waals surface area contributed by atoms with Gasteiger partial charge in [-0.3, -0.25) is 4.79 Å². The predicted octanol–water partition coefficient (Wildman–Crippen LogP) is 4.11. The molecule has 0 fully saturated rings. The van der Waals surface area contributed by atoms with Gasteiger partial charge in [-0.25, -0.2) is 0 Å². The maximum absolute atomic E-state index is 12.4. The third-order valence-electron chi connectivity index (χ3n) is 3.30. The molecule has 9 heteroatoms. The van der Waals surface area contributed by atoms with Crippen molar-refractivity contribution in [3.8, 4) is 5.75 Å². The molecule has 0 aliphatic carbocycles. The lowest BCUT2D eigenvalue weighted by atomic mass is 10.1. The fourth-order valence-corrected chi connectivity index (χ4v) is 2.56. The summed E-state index contributed by atoms with van der Waals surface area (Å²) in [5.41, 5.74) is 1.98. The number of aromatic hydroxyl groups is 1. The number of alkyl halides is 3. The van der Waals surface area contributed by atoms with E-state index in [1.165, 1.54) is 12.1 Å². The Kier molecular flexibility index (Phi) is 6.94. The van der Waals surface area contributed by atoms with E-state index in [2.05, 4.69) is 16.0 Å². The number of nitrogens with one attached hydrogen (secondary N) is 3. The maximum Gasteiger partial charge on any atom is 0.252 e. The van der Waals surface area contributed by atoms with Gasteiger partial charge in [0.2, 0.25) is 3.79 Å². The average Bonchev–Trinajstić information content (AvgIpc) is 2.53. The van der Waals surface area contributed by atoms with Gasteiger partial charge in [-0.05, 0) is 43.4 Å². The zero-order chi connectivity index (χ0) is 19.3. The van der Waals surface area contributed by atoms with Crippen LogP contribution in [0.4, 0.5) is 5.69 Å². The summed E-state index contributed by atoms with van der Waals surface area (Å²) in [6, 6.07) is 13.3. The van der Waals surface area contributed by atoms with Crippen molar-refractivity contribution in [1.82, 2.24) is 10.6 Å². The summed E-state index contributed by atoms with van der Waals surface area (Å²) in [6.07, 6.45) is -1.08. The molecule has 0 saturated heterocycles. The number of benzene rings is 2. The standard InChI is InChI=1S/C17H16Cl3N3O2S/c1-10-5-7-11(8-6-10)14(25)22-15(17(18,19)20)23-16(26)21-12-3-2-4-13(24)9-12/h2-9,15,24H,1H3,(H,22,25)(H2,21,23,26)/t15-/m0/s1. The van der Waals surface area contributed by atoms with Crippen LogP contribution in [0.1, 0.15) is 15.9 Å². The smallest absolute Gasteiger partial charge is 0.252 e. The molecule has 0 unspecified atom stereocenters. The van der Waals surface area contributed by atoms with E-state index in [0.29, 0.717) is 11.3 Å². The highest BCUT2D eigenvalue weighted by Crippen LogP contribution is 2.29. The van der Waals surface area contributed by atoms with Gasteiger partial charge >= 0.3 is 0 Å². The van der Waals surface area contributed by atoms with Gasteiger partial charge in [-0.2, -0.15) is 0 Å². The minimum Gasteiger partial charge on any atom is -0.508 e. The number of aryl methyl sites for hydroxylation is 1. The monoisotopic (exact) mass is 431 g/mol. The van der Waals surface area contributed by atoms with Gasteiger partial charge in [0.05, 0.1) is 0 Å². The van der Waals surface area contributed by atoms with Crippen LogP contribution < -0.4 is 16.0 Å². The molecule has 0 aliphatic rings. The Morgan fingerprint density at radius 3 is 2.35 bits per heavy atom. The summed E-state index contributed by atoms with van der Waals surface area (Å²) < 4.78 is -1.86. The quantitative estimate of drug-likeness (QED) is 0.332. The second-order valence-corrected chi connectivity index (χ2v) is 8.24. The Hall–Kier alpha value is -1.73. The number of hydrogen-bond acceptors (Lipinski definition) is 3. The number of anilines is 1. The van der Waals surface area contributed by atoms with Crippen molar-refractivity contribution >= 4 is 63.7 Å². The number of phenolic OH excluding ortho intramolecular Hbond substituents is 1. The van der Waals surface area contributed by atoms with Gasteiger partial charge in [0, 0.05) is 17.3 Å². The molecule has 0 radical (unpaired) electrons. The zero-order valence-electron chi connectivity index (χ0n) is 13.6. The Bertz CT molecular complexity index is 795. The topological polar surface area (TPSA) is 73.4 Å². The predicted molar refractivity (Wildman–Crippen MR) is 110 cm³/mol. The summed E-state index contributed by atoms with van der Waals surface area (Å²) in [7, 11) is 0. The Morgan fingerprint density at radius 1 is 1.12 bits per heavy atom. The SMILES string of the molecule is Cc1ccc(C(=O)N[C@@H](NC(=S)Nc2cccc(O)c2)C(Cl)(Cl)Cl)cc1. The van der Waals surface area contributed by atoms with Crippen LogP contribution in [0.2, 0.25) is 0 Å². The lowest BCUT2D eigenvalue weighted by Gasteiger charge is -2.27. The van der Waals surface area contributed by atoms with Crippen LogP contribution >= 0.6 is 47.0 Å². The Balaban J connectivity index is 2.06. The summed E-state index contributed by atoms with van der Waals surface area (Å²) >= 11 is 23.0. The van der Waals surface area contributed by atoms with Gasteiger partial charge in [0.25, 0.3) is 5.91 Å². The first-order valence-electron chi connectivity index (χ1n) is 7.46. The first-order chi connectivity index (χ1) is 12.1. The number of hydrogen-bond donors (Lipinski definition) is 4. The van der Waals surface area contributed by atoms with E-state index in [4.69, 9.17) is 47.0 Å². The van der Waals surface area contributed by atoms with Crippen molar-refractivity contribution in [2.75, 3.05) is 5.32 Å². The first-order valence-corrected chi connectivity index (χ1v) is 9.00. The van der Waals surface area contributed by atoms with Crippen LogP contribution in [-0.2, 0) is 0 Å². The minimum absolute atomic E-state index is 0.0726. The van der Waals surface area contributed by atoms with Crippen LogP contribution in [0.15, 0.2) is 48.5 Å². The number of amides is 1. The number of rotatable bonds is 4. The lowest BCUT2D eigenvalue weighted by Crippen LogP contribution is -2.56. The van der Waals surface area contributed by atoms with Crippen LogP contribution in [0.3, 0.4) is 0 Å². The second kappa shape index (κ2) is 8.77. The highest BCUT2D eigenvalue weighted by molar-refractivity contribution is 7.80. The van der Waals surface area contributed by atoms with Crippen LogP contribution in [0, 0.1) is 6.92 Å². The van der Waals surface area contributed by atoms with E-state index >= 15 is 0 Å². The molecule has 0 saturated carbocycles. The normalized spacial score (nSPS) is 12.2. The molecule has 2 aromatic rings. The van der Waals surface area contributed by atoms with E-state index in [-0.39, 0.29) is 10.9 Å². The van der Waals surface area contributed by atoms with Gasteiger partial charge in [-0.1, -0.05) is 58.6 Å². The molecule has 0 heterocycles. The third kappa shape index (κ3) is 6.21. The molecule has 0 aliphatic heterocycles. The van der Waals surface area contributed by atoms with Gasteiger partial charge < -0.3 is 21.1 Å². The number of thiocarbonyl (C=S) groups is 1. The summed E-state index contributed by atoms with van der Waals surface area (Å²) in [5, 5.41) is 17.8. The highest BCUT2D eigenvalue weighted by atomic mass is 35.6. The fraction of sp³-hybridized carbons (Fsp3) is 0.176. The van der Waals surface area contributed by atoms with Crippen molar-refractivity contribution in [2.24, 2.45) is 0 Å². The second-order valence-electron chi connectivity index (χ2n) is 5.46. The molecule has 1 atom stereocenters. The highest BCUT2D eigenvalue weighted by Gasteiger charge is 2.34. The van der Waals surface area contributed by atoms with Crippen molar-refractivity contribution in [1.29, 1.82) is 0 Å².